The Balaban J connectivity index is 1.64. The monoisotopic (exact) mass is 409 g/mol. The van der Waals surface area contributed by atoms with Gasteiger partial charge in [0.25, 0.3) is 0 Å². The number of anilines is 2. The Morgan fingerprint density at radius 2 is 1.73 bits per heavy atom. The molecule has 7 heteroatoms. The van der Waals surface area contributed by atoms with Gasteiger partial charge in [-0.05, 0) is 49.4 Å². The first kappa shape index (κ1) is 17.8. The van der Waals surface area contributed by atoms with E-state index in [1.807, 2.05) is 6.07 Å². The van der Waals surface area contributed by atoms with Crippen LogP contribution in [0.25, 0.3) is 0 Å². The molecule has 0 spiro atoms. The summed E-state index contributed by atoms with van der Waals surface area (Å²) in [5, 5.41) is 16.2. The summed E-state index contributed by atoms with van der Waals surface area (Å²) in [5.41, 5.74) is 7.59. The van der Waals surface area contributed by atoms with Crippen molar-refractivity contribution >= 4 is 52.4 Å². The third-order valence-corrected chi connectivity index (χ3v) is 5.73. The highest BCUT2D eigenvalue weighted by atomic mass is 35.5. The first-order valence-corrected chi connectivity index (χ1v) is 9.74. The van der Waals surface area contributed by atoms with Gasteiger partial charge >= 0.3 is 0 Å². The minimum atomic E-state index is 0.314. The summed E-state index contributed by atoms with van der Waals surface area (Å²) in [6.07, 6.45) is 5.74. The minimum Gasteiger partial charge on any atom is -0.507 e. The van der Waals surface area contributed by atoms with E-state index in [4.69, 9.17) is 34.8 Å². The number of hydrazone groups is 1. The van der Waals surface area contributed by atoms with Crippen LogP contribution in [0.4, 0.5) is 11.4 Å². The topological polar surface area (TPSA) is 47.9 Å². The van der Waals surface area contributed by atoms with Gasteiger partial charge in [-0.3, -0.25) is 5.43 Å². The molecule has 2 aliphatic heterocycles. The maximum absolute atomic E-state index is 10.7. The number of phenols is 1. The van der Waals surface area contributed by atoms with Crippen molar-refractivity contribution in [2.24, 2.45) is 5.10 Å². The molecule has 0 bridgehead atoms. The molecule has 0 atom stereocenters. The lowest BCUT2D eigenvalue weighted by Gasteiger charge is -2.37. The van der Waals surface area contributed by atoms with Crippen molar-refractivity contribution in [3.05, 3.63) is 50.0 Å². The van der Waals surface area contributed by atoms with E-state index in [2.05, 4.69) is 15.4 Å². The van der Waals surface area contributed by atoms with Gasteiger partial charge in [-0.2, -0.15) is 5.10 Å². The van der Waals surface area contributed by atoms with Crippen LogP contribution in [0.1, 0.15) is 29.5 Å². The van der Waals surface area contributed by atoms with Gasteiger partial charge in [-0.25, -0.2) is 0 Å². The highest BCUT2D eigenvalue weighted by molar-refractivity contribution is 6.41. The van der Waals surface area contributed by atoms with Gasteiger partial charge in [0.1, 0.15) is 5.75 Å². The average Bonchev–Trinajstić information content (AvgIpc) is 2.61. The Bertz CT molecular complexity index is 873. The minimum absolute atomic E-state index is 0.314. The SMILES string of the molecule is Oc1c(/C=N/Nc2c(Cl)cc(Cl)cc2Cl)cc2c3c1CCCN3CCC2. The molecule has 0 fully saturated rings. The average molecular weight is 411 g/mol. The van der Waals surface area contributed by atoms with Crippen molar-refractivity contribution in [3.8, 4) is 5.75 Å². The molecule has 0 saturated carbocycles. The largest absolute Gasteiger partial charge is 0.507 e. The van der Waals surface area contributed by atoms with Gasteiger partial charge in [-0.15, -0.1) is 0 Å². The fourth-order valence-corrected chi connectivity index (χ4v) is 4.68. The van der Waals surface area contributed by atoms with E-state index in [9.17, 15) is 5.11 Å². The van der Waals surface area contributed by atoms with Crippen molar-refractivity contribution in [3.63, 3.8) is 0 Å². The van der Waals surface area contributed by atoms with Crippen molar-refractivity contribution in [2.75, 3.05) is 23.4 Å². The lowest BCUT2D eigenvalue weighted by Crippen LogP contribution is -2.34. The van der Waals surface area contributed by atoms with Gasteiger partial charge in [0, 0.05) is 34.9 Å². The van der Waals surface area contributed by atoms with Crippen molar-refractivity contribution < 1.29 is 5.11 Å². The summed E-state index contributed by atoms with van der Waals surface area (Å²) in [6, 6.07) is 5.23. The Kier molecular flexibility index (Phi) is 4.91. The van der Waals surface area contributed by atoms with Crippen LogP contribution in [0.2, 0.25) is 15.1 Å². The number of aryl methyl sites for hydroxylation is 1. The number of hydrogen-bond donors (Lipinski definition) is 2. The molecule has 0 aromatic heterocycles. The van der Waals surface area contributed by atoms with E-state index in [-0.39, 0.29) is 0 Å². The lowest BCUT2D eigenvalue weighted by molar-refractivity contribution is 0.461. The molecule has 2 N–H and O–H groups in total. The van der Waals surface area contributed by atoms with Crippen LogP contribution < -0.4 is 10.3 Å². The molecular formula is C19H18Cl3N3O. The van der Waals surface area contributed by atoms with E-state index < -0.39 is 0 Å². The summed E-state index contributed by atoms with van der Waals surface area (Å²) in [5.74, 6) is 0.314. The van der Waals surface area contributed by atoms with Crippen LogP contribution in [-0.2, 0) is 12.8 Å². The quantitative estimate of drug-likeness (QED) is 0.519. The predicted molar refractivity (Wildman–Crippen MR) is 110 cm³/mol. The zero-order valence-corrected chi connectivity index (χ0v) is 16.3. The number of benzene rings is 2. The molecule has 2 heterocycles. The van der Waals surface area contributed by atoms with E-state index in [1.165, 1.54) is 11.3 Å². The van der Waals surface area contributed by atoms with E-state index in [0.717, 1.165) is 44.3 Å². The zero-order valence-electron chi connectivity index (χ0n) is 14.0. The first-order valence-electron chi connectivity index (χ1n) is 8.61. The molecule has 2 aromatic rings. The number of halogens is 3. The molecule has 0 unspecified atom stereocenters. The summed E-state index contributed by atoms with van der Waals surface area (Å²) in [4.78, 5) is 2.39. The normalized spacial score (nSPS) is 16.0. The fourth-order valence-electron chi connectivity index (χ4n) is 3.78. The van der Waals surface area contributed by atoms with Crippen LogP contribution in [0.3, 0.4) is 0 Å². The first-order chi connectivity index (χ1) is 12.5. The Morgan fingerprint density at radius 1 is 1.04 bits per heavy atom. The van der Waals surface area contributed by atoms with Gasteiger partial charge in [0.2, 0.25) is 0 Å². The van der Waals surface area contributed by atoms with Gasteiger partial charge in [0.15, 0.2) is 0 Å². The van der Waals surface area contributed by atoms with E-state index in [0.29, 0.717) is 32.1 Å². The number of nitrogens with one attached hydrogen (secondary N) is 1. The standard InChI is InChI=1S/C19H18Cl3N3O/c20-13-8-15(21)17(16(22)9-13)24-23-10-12-7-11-3-1-5-25-6-2-4-14(18(11)25)19(12)26/h7-10,24,26H,1-6H2/b23-10+. The molecular weight excluding hydrogens is 393 g/mol. The number of aromatic hydroxyl groups is 1. The molecule has 0 radical (unpaired) electrons. The highest BCUT2D eigenvalue weighted by Gasteiger charge is 2.27. The Hall–Kier alpha value is -1.62. The lowest BCUT2D eigenvalue weighted by atomic mass is 9.89. The van der Waals surface area contributed by atoms with Gasteiger partial charge in [0.05, 0.1) is 21.9 Å². The summed E-state index contributed by atoms with van der Waals surface area (Å²) < 4.78 is 0. The molecule has 0 saturated heterocycles. The van der Waals surface area contributed by atoms with Crippen molar-refractivity contribution in [1.82, 2.24) is 0 Å². The number of phenolic OH excluding ortho intramolecular Hbond substituents is 1. The van der Waals surface area contributed by atoms with E-state index >= 15 is 0 Å². The second-order valence-electron chi connectivity index (χ2n) is 6.61. The maximum atomic E-state index is 10.7. The van der Waals surface area contributed by atoms with E-state index in [1.54, 1.807) is 18.3 Å². The highest BCUT2D eigenvalue weighted by Crippen LogP contribution is 2.41. The van der Waals surface area contributed by atoms with Gasteiger partial charge < -0.3 is 10.0 Å². The molecule has 26 heavy (non-hydrogen) atoms. The van der Waals surface area contributed by atoms with Crippen molar-refractivity contribution in [1.29, 1.82) is 0 Å². The predicted octanol–water partition coefficient (Wildman–Crippen LogP) is 5.50. The number of hydrogen-bond acceptors (Lipinski definition) is 4. The third-order valence-electron chi connectivity index (χ3n) is 4.91. The molecule has 2 aliphatic rings. The Morgan fingerprint density at radius 3 is 2.46 bits per heavy atom. The molecule has 4 rings (SSSR count). The molecule has 0 aliphatic carbocycles. The van der Waals surface area contributed by atoms with Crippen LogP contribution in [0.15, 0.2) is 23.3 Å². The Labute approximate surface area is 167 Å². The molecule has 4 nitrogen and oxygen atoms in total. The van der Waals surface area contributed by atoms with Crippen LogP contribution >= 0.6 is 34.8 Å². The van der Waals surface area contributed by atoms with Crippen molar-refractivity contribution in [2.45, 2.75) is 25.7 Å². The van der Waals surface area contributed by atoms with Crippen LogP contribution in [0, 0.1) is 0 Å². The summed E-state index contributed by atoms with van der Waals surface area (Å²) in [6.45, 7) is 2.14. The second kappa shape index (κ2) is 7.18. The zero-order chi connectivity index (χ0) is 18.3. The molecule has 136 valence electrons. The van der Waals surface area contributed by atoms with Crippen LogP contribution in [-0.4, -0.2) is 24.4 Å². The number of rotatable bonds is 3. The summed E-state index contributed by atoms with van der Waals surface area (Å²) in [7, 11) is 0. The van der Waals surface area contributed by atoms with Crippen LogP contribution in [0.5, 0.6) is 5.75 Å². The second-order valence-corrected chi connectivity index (χ2v) is 7.86. The summed E-state index contributed by atoms with van der Waals surface area (Å²) >= 11 is 18.2. The fraction of sp³-hybridized carbons (Fsp3) is 0.316. The smallest absolute Gasteiger partial charge is 0.129 e. The maximum Gasteiger partial charge on any atom is 0.129 e. The molecule has 0 amide bonds. The molecule has 2 aromatic carbocycles. The third kappa shape index (κ3) is 3.22. The van der Waals surface area contributed by atoms with Gasteiger partial charge in [-0.1, -0.05) is 34.8 Å². The number of nitrogens with zero attached hydrogens (tertiary/aromatic N) is 2.